The van der Waals surface area contributed by atoms with Gasteiger partial charge in [0.15, 0.2) is 5.84 Å². The number of amidine groups is 1. The van der Waals surface area contributed by atoms with Crippen molar-refractivity contribution < 1.29 is 19.1 Å². The molecule has 182 valence electrons. The summed E-state index contributed by atoms with van der Waals surface area (Å²) in [7, 11) is 3.07. The summed E-state index contributed by atoms with van der Waals surface area (Å²) in [6, 6.07) is 4.04. The van der Waals surface area contributed by atoms with Crippen LogP contribution in [0.4, 0.5) is 0 Å². The Morgan fingerprint density at radius 3 is 2.42 bits per heavy atom. The third-order valence-electron chi connectivity index (χ3n) is 5.45. The predicted molar refractivity (Wildman–Crippen MR) is 130 cm³/mol. The Kier molecular flexibility index (Phi) is 11.5. The van der Waals surface area contributed by atoms with Gasteiger partial charge >= 0.3 is 5.97 Å². The molecule has 1 aromatic carbocycles. The molecule has 1 atom stereocenters. The minimum absolute atomic E-state index is 0.0506. The number of hydrogen-bond acceptors (Lipinski definition) is 6. The average Bonchev–Trinajstić information content (AvgIpc) is 2.79. The van der Waals surface area contributed by atoms with Crippen molar-refractivity contribution in [3.05, 3.63) is 33.8 Å². The van der Waals surface area contributed by atoms with Gasteiger partial charge in [-0.05, 0) is 25.0 Å². The van der Waals surface area contributed by atoms with Crippen molar-refractivity contribution in [2.45, 2.75) is 51.0 Å². The highest BCUT2D eigenvalue weighted by Gasteiger charge is 2.24. The molecule has 8 nitrogen and oxygen atoms in total. The van der Waals surface area contributed by atoms with Gasteiger partial charge in [0.25, 0.3) is 11.8 Å². The third kappa shape index (κ3) is 8.51. The molecule has 0 fully saturated rings. The molecule has 0 saturated carbocycles. The molecule has 2 rings (SSSR count). The van der Waals surface area contributed by atoms with Crippen LogP contribution in [-0.4, -0.2) is 68.4 Å². The third-order valence-corrected chi connectivity index (χ3v) is 6.08. The number of carbonyl (C=O) groups excluding carboxylic acids is 3. The van der Waals surface area contributed by atoms with Crippen molar-refractivity contribution in [2.75, 3.05) is 33.8 Å². The molecule has 2 N–H and O–H groups in total. The van der Waals surface area contributed by atoms with Crippen LogP contribution >= 0.6 is 23.2 Å². The summed E-state index contributed by atoms with van der Waals surface area (Å²) in [5.41, 5.74) is 0.149. The van der Waals surface area contributed by atoms with Gasteiger partial charge in [-0.15, -0.1) is 0 Å². The van der Waals surface area contributed by atoms with E-state index in [9.17, 15) is 14.4 Å². The summed E-state index contributed by atoms with van der Waals surface area (Å²) in [4.78, 5) is 42.5. The van der Waals surface area contributed by atoms with Crippen molar-refractivity contribution in [1.82, 2.24) is 15.5 Å². The van der Waals surface area contributed by atoms with Crippen LogP contribution in [-0.2, 0) is 14.3 Å². The number of ether oxygens (including phenoxy) is 1. The molecule has 1 aliphatic rings. The Labute approximate surface area is 205 Å². The van der Waals surface area contributed by atoms with Gasteiger partial charge in [0.1, 0.15) is 6.04 Å². The summed E-state index contributed by atoms with van der Waals surface area (Å²) in [6.45, 7) is 2.03. The molecule has 0 aromatic heterocycles. The molecule has 33 heavy (non-hydrogen) atoms. The predicted octanol–water partition coefficient (Wildman–Crippen LogP) is 3.46. The first-order chi connectivity index (χ1) is 15.8. The SMILES string of the molecule is COC(=O)[C@H](CCCCCCCCNC1=NCCN(C)C1=O)NC(=O)c1c(Cl)cccc1Cl. The maximum Gasteiger partial charge on any atom is 0.328 e. The van der Waals surface area contributed by atoms with E-state index in [1.807, 2.05) is 0 Å². The number of nitrogens with one attached hydrogen (secondary N) is 2. The lowest BCUT2D eigenvalue weighted by Crippen LogP contribution is -2.45. The second-order valence-corrected chi connectivity index (χ2v) is 8.75. The van der Waals surface area contributed by atoms with Crippen molar-refractivity contribution in [3.63, 3.8) is 0 Å². The number of rotatable bonds is 12. The first-order valence-electron chi connectivity index (χ1n) is 11.2. The molecule has 1 aromatic rings. The Morgan fingerprint density at radius 2 is 1.76 bits per heavy atom. The lowest BCUT2D eigenvalue weighted by atomic mass is 10.0. The molecule has 1 aliphatic heterocycles. The first kappa shape index (κ1) is 26.9. The van der Waals surface area contributed by atoms with E-state index in [0.29, 0.717) is 25.3 Å². The summed E-state index contributed by atoms with van der Waals surface area (Å²) in [5.74, 6) is -0.591. The second kappa shape index (κ2) is 14.1. The number of methoxy groups -OCH3 is 1. The minimum Gasteiger partial charge on any atom is -0.467 e. The Hall–Kier alpha value is -2.32. The van der Waals surface area contributed by atoms with E-state index in [4.69, 9.17) is 27.9 Å². The normalized spacial score (nSPS) is 14.5. The van der Waals surface area contributed by atoms with Crippen molar-refractivity contribution >= 4 is 46.8 Å². The number of benzene rings is 1. The molecular formula is C23H32Cl2N4O4. The van der Waals surface area contributed by atoms with Gasteiger partial charge in [0, 0.05) is 20.1 Å². The number of likely N-dealkylation sites (N-methyl/N-ethyl adjacent to an activating group) is 1. The van der Waals surface area contributed by atoms with E-state index in [1.54, 1.807) is 30.1 Å². The van der Waals surface area contributed by atoms with E-state index < -0.39 is 17.9 Å². The van der Waals surface area contributed by atoms with E-state index in [-0.39, 0.29) is 21.5 Å². The Balaban J connectivity index is 1.65. The number of aliphatic imine (C=N–C) groups is 1. The largest absolute Gasteiger partial charge is 0.467 e. The number of carbonyl (C=O) groups is 3. The molecular weight excluding hydrogens is 467 g/mol. The number of halogens is 2. The highest BCUT2D eigenvalue weighted by atomic mass is 35.5. The molecule has 1 heterocycles. The van der Waals surface area contributed by atoms with Crippen LogP contribution in [0, 0.1) is 0 Å². The van der Waals surface area contributed by atoms with E-state index >= 15 is 0 Å². The monoisotopic (exact) mass is 498 g/mol. The van der Waals surface area contributed by atoms with Gasteiger partial charge in [-0.25, -0.2) is 4.79 Å². The zero-order valence-corrected chi connectivity index (χ0v) is 20.7. The number of unbranched alkanes of at least 4 members (excludes halogenated alkanes) is 5. The van der Waals surface area contributed by atoms with Gasteiger partial charge in [0.2, 0.25) is 0 Å². The Bertz CT molecular complexity index is 843. The molecule has 0 aliphatic carbocycles. The van der Waals surface area contributed by atoms with Gasteiger partial charge in [-0.1, -0.05) is 61.4 Å². The molecule has 10 heteroatoms. The summed E-state index contributed by atoms with van der Waals surface area (Å²) in [5, 5.41) is 6.27. The van der Waals surface area contributed by atoms with Crippen LogP contribution in [0.3, 0.4) is 0 Å². The van der Waals surface area contributed by atoms with Gasteiger partial charge in [-0.2, -0.15) is 0 Å². The average molecular weight is 499 g/mol. The fourth-order valence-corrected chi connectivity index (χ4v) is 4.09. The van der Waals surface area contributed by atoms with Crippen molar-refractivity contribution in [2.24, 2.45) is 4.99 Å². The van der Waals surface area contributed by atoms with E-state index in [1.165, 1.54) is 7.11 Å². The highest BCUT2D eigenvalue weighted by molar-refractivity contribution is 6.39. The van der Waals surface area contributed by atoms with Crippen LogP contribution in [0.15, 0.2) is 23.2 Å². The number of amides is 2. The van der Waals surface area contributed by atoms with Crippen molar-refractivity contribution in [3.8, 4) is 0 Å². The minimum atomic E-state index is -0.758. The zero-order chi connectivity index (χ0) is 24.2. The van der Waals surface area contributed by atoms with E-state index in [0.717, 1.165) is 45.1 Å². The number of hydrogen-bond donors (Lipinski definition) is 2. The zero-order valence-electron chi connectivity index (χ0n) is 19.2. The van der Waals surface area contributed by atoms with Crippen LogP contribution in [0.25, 0.3) is 0 Å². The number of esters is 1. The summed E-state index contributed by atoms with van der Waals surface area (Å²) < 4.78 is 4.83. The summed E-state index contributed by atoms with van der Waals surface area (Å²) >= 11 is 12.2. The topological polar surface area (TPSA) is 100 Å². The van der Waals surface area contributed by atoms with Gasteiger partial charge in [0.05, 0.1) is 29.3 Å². The standard InChI is InChI=1S/C23H32Cl2N4O4/c1-29-15-14-27-20(22(29)31)26-13-8-6-4-3-5-7-12-18(23(32)33-2)28-21(30)19-16(24)10-9-11-17(19)25/h9-11,18H,3-8,12-15H2,1-2H3,(H,26,27)(H,28,30)/t18-/m0/s1. The first-order valence-corrected chi connectivity index (χ1v) is 12.0. The molecule has 0 unspecified atom stereocenters. The van der Waals surface area contributed by atoms with Crippen LogP contribution in [0.2, 0.25) is 10.0 Å². The van der Waals surface area contributed by atoms with Crippen LogP contribution < -0.4 is 10.6 Å². The molecule has 2 amide bonds. The maximum atomic E-state index is 12.6. The molecule has 0 saturated heterocycles. The lowest BCUT2D eigenvalue weighted by Gasteiger charge is -2.22. The van der Waals surface area contributed by atoms with Gasteiger partial charge < -0.3 is 20.3 Å². The molecule has 0 bridgehead atoms. The fraction of sp³-hybridized carbons (Fsp3) is 0.565. The highest BCUT2D eigenvalue weighted by Crippen LogP contribution is 2.24. The van der Waals surface area contributed by atoms with Crippen LogP contribution in [0.5, 0.6) is 0 Å². The summed E-state index contributed by atoms with van der Waals surface area (Å²) in [6.07, 6.45) is 6.22. The molecule has 0 radical (unpaired) electrons. The lowest BCUT2D eigenvalue weighted by molar-refractivity contribution is -0.143. The fourth-order valence-electron chi connectivity index (χ4n) is 3.52. The second-order valence-electron chi connectivity index (χ2n) is 7.94. The Morgan fingerprint density at radius 1 is 1.12 bits per heavy atom. The maximum absolute atomic E-state index is 12.6. The molecule has 0 spiro atoms. The van der Waals surface area contributed by atoms with Crippen LogP contribution in [0.1, 0.15) is 55.3 Å². The number of nitrogens with zero attached hydrogens (tertiary/aromatic N) is 2. The smallest absolute Gasteiger partial charge is 0.328 e. The van der Waals surface area contributed by atoms with E-state index in [2.05, 4.69) is 15.6 Å². The van der Waals surface area contributed by atoms with Crippen molar-refractivity contribution in [1.29, 1.82) is 0 Å². The quantitative estimate of drug-likeness (QED) is 0.339. The van der Waals surface area contributed by atoms with Gasteiger partial charge in [-0.3, -0.25) is 14.6 Å².